The van der Waals surface area contributed by atoms with Crippen LogP contribution in [0.1, 0.15) is 32.1 Å². The van der Waals surface area contributed by atoms with E-state index in [1.807, 2.05) is 0 Å². The van der Waals surface area contributed by atoms with E-state index in [-0.39, 0.29) is 11.7 Å². The lowest BCUT2D eigenvalue weighted by molar-refractivity contribution is 0.277. The van der Waals surface area contributed by atoms with Crippen LogP contribution in [0.3, 0.4) is 0 Å². The van der Waals surface area contributed by atoms with Crippen LogP contribution in [-0.2, 0) is 9.84 Å². The molecule has 0 aromatic heterocycles. The molecule has 1 aliphatic carbocycles. The molecule has 1 saturated carbocycles. The number of sulfone groups is 1. The second kappa shape index (κ2) is 4.13. The Kier molecular flexibility index (Phi) is 3.36. The van der Waals surface area contributed by atoms with Gasteiger partial charge >= 0.3 is 0 Å². The van der Waals surface area contributed by atoms with E-state index in [0.29, 0.717) is 0 Å². The van der Waals surface area contributed by atoms with Crippen molar-refractivity contribution >= 4 is 9.84 Å². The normalized spacial score (nSPS) is 21.8. The van der Waals surface area contributed by atoms with Crippen LogP contribution in [0.2, 0.25) is 0 Å². The number of aliphatic hydroxyl groups excluding tert-OH is 1. The van der Waals surface area contributed by atoms with Gasteiger partial charge in [0.15, 0.2) is 9.84 Å². The van der Waals surface area contributed by atoms with Gasteiger partial charge in [-0.05, 0) is 12.8 Å². The molecule has 0 aliphatic heterocycles. The summed E-state index contributed by atoms with van der Waals surface area (Å²) in [5.41, 5.74) is 0. The van der Waals surface area contributed by atoms with Gasteiger partial charge < -0.3 is 5.11 Å². The van der Waals surface area contributed by atoms with Crippen molar-refractivity contribution in [1.29, 1.82) is 0 Å². The molecule has 0 bridgehead atoms. The van der Waals surface area contributed by atoms with Crippen molar-refractivity contribution in [3.63, 3.8) is 0 Å². The summed E-state index contributed by atoms with van der Waals surface area (Å²) in [5.74, 6) is 0.116. The summed E-state index contributed by atoms with van der Waals surface area (Å²) in [4.78, 5) is 0. The minimum atomic E-state index is -3.18. The molecule has 0 saturated heterocycles. The third-order valence-corrected chi connectivity index (χ3v) is 3.03. The first-order chi connectivity index (χ1) is 5.99. The van der Waals surface area contributed by atoms with Crippen LogP contribution in [0.25, 0.3) is 0 Å². The number of aliphatic hydroxyl groups is 1. The van der Waals surface area contributed by atoms with Crippen LogP contribution in [0.4, 0.5) is 0 Å². The summed E-state index contributed by atoms with van der Waals surface area (Å²) in [6.45, 7) is 0. The van der Waals surface area contributed by atoms with Gasteiger partial charge in [0.25, 0.3) is 0 Å². The topological polar surface area (TPSA) is 54.4 Å². The van der Waals surface area contributed by atoms with E-state index in [1.54, 1.807) is 0 Å². The lowest BCUT2D eigenvalue weighted by Gasteiger charge is -2.20. The van der Waals surface area contributed by atoms with E-state index in [2.05, 4.69) is 0 Å². The molecular weight excluding hydrogens is 188 g/mol. The average molecular weight is 204 g/mol. The molecule has 0 heterocycles. The third-order valence-electron chi connectivity index (χ3n) is 2.36. The molecule has 0 aromatic rings. The SMILES string of the molecule is CS(=O)(=O)/C=C(\O)C1CCCCC1. The van der Waals surface area contributed by atoms with Crippen LogP contribution in [-0.4, -0.2) is 19.8 Å². The maximum atomic E-state index is 10.8. The van der Waals surface area contributed by atoms with E-state index < -0.39 is 9.84 Å². The Morgan fingerprint density at radius 3 is 2.31 bits per heavy atom. The minimum Gasteiger partial charge on any atom is -0.511 e. The molecule has 4 heteroatoms. The van der Waals surface area contributed by atoms with Crippen molar-refractivity contribution in [3.05, 3.63) is 11.2 Å². The first kappa shape index (κ1) is 10.6. The number of hydrogen-bond donors (Lipinski definition) is 1. The van der Waals surface area contributed by atoms with Crippen molar-refractivity contribution < 1.29 is 13.5 Å². The molecule has 1 aliphatic rings. The number of rotatable bonds is 2. The van der Waals surface area contributed by atoms with Crippen molar-refractivity contribution in [3.8, 4) is 0 Å². The molecule has 13 heavy (non-hydrogen) atoms. The van der Waals surface area contributed by atoms with Crippen LogP contribution >= 0.6 is 0 Å². The molecule has 1 fully saturated rings. The quantitative estimate of drug-likeness (QED) is 0.700. The van der Waals surface area contributed by atoms with Crippen LogP contribution in [0.5, 0.6) is 0 Å². The fraction of sp³-hybridized carbons (Fsp3) is 0.778. The third kappa shape index (κ3) is 3.81. The Morgan fingerprint density at radius 1 is 1.31 bits per heavy atom. The Bertz CT molecular complexity index is 284. The van der Waals surface area contributed by atoms with Gasteiger partial charge in [0.2, 0.25) is 0 Å². The maximum absolute atomic E-state index is 10.8. The summed E-state index contributed by atoms with van der Waals surface area (Å²) in [5, 5.41) is 10.5. The predicted molar refractivity (Wildman–Crippen MR) is 52.1 cm³/mol. The predicted octanol–water partition coefficient (Wildman–Crippen LogP) is 2.01. The van der Waals surface area contributed by atoms with Crippen molar-refractivity contribution in [1.82, 2.24) is 0 Å². The number of hydrogen-bond acceptors (Lipinski definition) is 3. The Balaban J connectivity index is 2.65. The maximum Gasteiger partial charge on any atom is 0.172 e. The summed E-state index contributed by atoms with van der Waals surface area (Å²) in [7, 11) is -3.18. The number of allylic oxidation sites excluding steroid dienone is 1. The highest BCUT2D eigenvalue weighted by molar-refractivity contribution is 7.93. The van der Waals surface area contributed by atoms with Crippen LogP contribution < -0.4 is 0 Å². The molecule has 0 unspecified atom stereocenters. The average Bonchev–Trinajstić information content (AvgIpc) is 2.03. The Labute approximate surface area is 79.4 Å². The summed E-state index contributed by atoms with van der Waals surface area (Å²) < 4.78 is 21.7. The zero-order valence-corrected chi connectivity index (χ0v) is 8.68. The molecule has 3 nitrogen and oxygen atoms in total. The highest BCUT2D eigenvalue weighted by Crippen LogP contribution is 2.28. The summed E-state index contributed by atoms with van der Waals surface area (Å²) >= 11 is 0. The van der Waals surface area contributed by atoms with Crippen LogP contribution in [0.15, 0.2) is 11.2 Å². The van der Waals surface area contributed by atoms with Crippen molar-refractivity contribution in [2.24, 2.45) is 5.92 Å². The van der Waals surface area contributed by atoms with E-state index in [4.69, 9.17) is 0 Å². The smallest absolute Gasteiger partial charge is 0.172 e. The minimum absolute atomic E-state index is 0.0437. The molecule has 0 aromatic carbocycles. The molecular formula is C9H16O3S. The molecule has 1 rings (SSSR count). The standard InChI is InChI=1S/C9H16O3S/c1-13(11,12)7-9(10)8-5-3-2-4-6-8/h7-8,10H,2-6H2,1H3/b9-7-. The van der Waals surface area contributed by atoms with Gasteiger partial charge in [-0.15, -0.1) is 0 Å². The second-order valence-electron chi connectivity index (χ2n) is 3.71. The van der Waals surface area contributed by atoms with E-state index in [9.17, 15) is 13.5 Å². The van der Waals surface area contributed by atoms with Gasteiger partial charge in [-0.2, -0.15) is 0 Å². The lowest BCUT2D eigenvalue weighted by atomic mass is 9.88. The van der Waals surface area contributed by atoms with E-state index in [0.717, 1.165) is 37.3 Å². The molecule has 0 amide bonds. The Hall–Kier alpha value is -0.510. The van der Waals surface area contributed by atoms with Gasteiger partial charge in [0, 0.05) is 12.2 Å². The van der Waals surface area contributed by atoms with Gasteiger partial charge in [-0.1, -0.05) is 19.3 Å². The van der Waals surface area contributed by atoms with Crippen molar-refractivity contribution in [2.45, 2.75) is 32.1 Å². The zero-order valence-electron chi connectivity index (χ0n) is 7.86. The first-order valence-electron chi connectivity index (χ1n) is 4.59. The molecule has 1 N–H and O–H groups in total. The molecule has 76 valence electrons. The Morgan fingerprint density at radius 2 is 1.85 bits per heavy atom. The largest absolute Gasteiger partial charge is 0.511 e. The van der Waals surface area contributed by atoms with E-state index in [1.165, 1.54) is 6.42 Å². The molecule has 0 radical (unpaired) electrons. The summed E-state index contributed by atoms with van der Waals surface area (Å²) in [6, 6.07) is 0. The summed E-state index contributed by atoms with van der Waals surface area (Å²) in [6.07, 6.45) is 6.31. The zero-order chi connectivity index (χ0) is 9.90. The molecule has 0 spiro atoms. The van der Waals surface area contributed by atoms with Crippen molar-refractivity contribution in [2.75, 3.05) is 6.26 Å². The van der Waals surface area contributed by atoms with Gasteiger partial charge in [-0.25, -0.2) is 8.42 Å². The van der Waals surface area contributed by atoms with Gasteiger partial charge in [-0.3, -0.25) is 0 Å². The van der Waals surface area contributed by atoms with Gasteiger partial charge in [0.1, 0.15) is 5.76 Å². The van der Waals surface area contributed by atoms with Gasteiger partial charge in [0.05, 0.1) is 5.41 Å². The lowest BCUT2D eigenvalue weighted by Crippen LogP contribution is -2.10. The second-order valence-corrected chi connectivity index (χ2v) is 5.60. The van der Waals surface area contributed by atoms with E-state index >= 15 is 0 Å². The first-order valence-corrected chi connectivity index (χ1v) is 6.55. The monoisotopic (exact) mass is 204 g/mol. The highest BCUT2D eigenvalue weighted by atomic mass is 32.2. The van der Waals surface area contributed by atoms with Crippen LogP contribution in [0, 0.1) is 5.92 Å². The highest BCUT2D eigenvalue weighted by Gasteiger charge is 2.18. The molecule has 0 atom stereocenters. The fourth-order valence-electron chi connectivity index (χ4n) is 1.71. The fourth-order valence-corrected chi connectivity index (χ4v) is 2.35.